The van der Waals surface area contributed by atoms with Gasteiger partial charge in [0.05, 0.1) is 23.0 Å². The Balaban J connectivity index is 1.30. The summed E-state index contributed by atoms with van der Waals surface area (Å²) in [6.45, 7) is 1.49. The minimum Gasteiger partial charge on any atom is -0.454 e. The zero-order valence-corrected chi connectivity index (χ0v) is 18.6. The maximum absolute atomic E-state index is 13.2. The lowest BCUT2D eigenvalue weighted by Gasteiger charge is -2.33. The van der Waals surface area contributed by atoms with Crippen LogP contribution in [0, 0.1) is 0 Å². The van der Waals surface area contributed by atoms with Crippen LogP contribution in [0.2, 0.25) is 0 Å². The van der Waals surface area contributed by atoms with Gasteiger partial charge < -0.3 is 23.7 Å². The molecule has 0 bridgehead atoms. The minimum absolute atomic E-state index is 0.0153. The fourth-order valence-corrected chi connectivity index (χ4v) is 4.67. The fraction of sp³-hybridized carbons (Fsp3) is 0.417. The second-order valence-electron chi connectivity index (χ2n) is 8.51. The summed E-state index contributed by atoms with van der Waals surface area (Å²) < 4.78 is 57.4. The van der Waals surface area contributed by atoms with Crippen molar-refractivity contribution < 1.29 is 32.2 Å². The van der Waals surface area contributed by atoms with E-state index in [1.807, 2.05) is 27.7 Å². The van der Waals surface area contributed by atoms with Crippen molar-refractivity contribution >= 4 is 16.9 Å². The molecule has 1 amide bonds. The van der Waals surface area contributed by atoms with Crippen molar-refractivity contribution in [1.29, 1.82) is 0 Å². The molecule has 3 heterocycles. The van der Waals surface area contributed by atoms with Gasteiger partial charge >= 0.3 is 6.18 Å². The molecule has 180 valence electrons. The van der Waals surface area contributed by atoms with Crippen LogP contribution in [0.15, 0.2) is 36.4 Å². The van der Waals surface area contributed by atoms with E-state index in [9.17, 15) is 18.0 Å². The van der Waals surface area contributed by atoms with Crippen LogP contribution in [0.3, 0.4) is 0 Å². The SMILES string of the molecule is COCc1nc2cc(C(F)(F)F)ccc2n1C1CCN(C(=O)Cc2ccc3c(c2)OCO3)CC1. The summed E-state index contributed by atoms with van der Waals surface area (Å²) in [5.41, 5.74) is 1.07. The van der Waals surface area contributed by atoms with Crippen molar-refractivity contribution in [3.63, 3.8) is 0 Å². The number of hydrogen-bond donors (Lipinski definition) is 0. The maximum atomic E-state index is 13.2. The Morgan fingerprint density at radius 1 is 1.12 bits per heavy atom. The highest BCUT2D eigenvalue weighted by Crippen LogP contribution is 2.35. The van der Waals surface area contributed by atoms with Crippen molar-refractivity contribution in [2.24, 2.45) is 0 Å². The normalized spacial score (nSPS) is 16.4. The highest BCUT2D eigenvalue weighted by atomic mass is 19.4. The number of hydrogen-bond acceptors (Lipinski definition) is 5. The molecule has 0 aliphatic carbocycles. The van der Waals surface area contributed by atoms with Crippen LogP contribution in [-0.4, -0.2) is 47.4 Å². The molecule has 34 heavy (non-hydrogen) atoms. The first-order valence-electron chi connectivity index (χ1n) is 11.1. The van der Waals surface area contributed by atoms with E-state index in [-0.39, 0.29) is 31.8 Å². The summed E-state index contributed by atoms with van der Waals surface area (Å²) in [6.07, 6.45) is -2.81. The van der Waals surface area contributed by atoms with Gasteiger partial charge in [0.1, 0.15) is 12.4 Å². The van der Waals surface area contributed by atoms with E-state index < -0.39 is 11.7 Å². The quantitative estimate of drug-likeness (QED) is 0.550. The number of rotatable bonds is 5. The maximum Gasteiger partial charge on any atom is 0.416 e. The van der Waals surface area contributed by atoms with E-state index in [0.29, 0.717) is 54.3 Å². The average Bonchev–Trinajstić information content (AvgIpc) is 3.42. The first kappa shape index (κ1) is 22.5. The fourth-order valence-electron chi connectivity index (χ4n) is 4.67. The molecule has 0 unspecified atom stereocenters. The van der Waals surface area contributed by atoms with Crippen molar-refractivity contribution in [2.45, 2.75) is 38.1 Å². The Bertz CT molecular complexity index is 1220. The molecule has 0 radical (unpaired) electrons. The van der Waals surface area contributed by atoms with Crippen LogP contribution < -0.4 is 9.47 Å². The lowest BCUT2D eigenvalue weighted by Crippen LogP contribution is -2.40. The van der Waals surface area contributed by atoms with Gasteiger partial charge in [-0.25, -0.2) is 4.98 Å². The number of fused-ring (bicyclic) bond motifs is 2. The minimum atomic E-state index is -4.43. The van der Waals surface area contributed by atoms with Crippen LogP contribution in [0.5, 0.6) is 11.5 Å². The lowest BCUT2D eigenvalue weighted by molar-refractivity contribution is -0.137. The predicted molar refractivity (Wildman–Crippen MR) is 117 cm³/mol. The number of carbonyl (C=O) groups is 1. The van der Waals surface area contributed by atoms with Crippen molar-refractivity contribution in [1.82, 2.24) is 14.5 Å². The Morgan fingerprint density at radius 2 is 1.88 bits per heavy atom. The molecular formula is C24H24F3N3O4. The number of amides is 1. The number of aromatic nitrogens is 2. The predicted octanol–water partition coefficient (Wildman–Crippen LogP) is 4.34. The molecule has 2 aliphatic heterocycles. The van der Waals surface area contributed by atoms with Gasteiger partial charge in [-0.05, 0) is 48.7 Å². The second kappa shape index (κ2) is 8.83. The summed E-state index contributed by atoms with van der Waals surface area (Å²) >= 11 is 0. The monoisotopic (exact) mass is 475 g/mol. The van der Waals surface area contributed by atoms with Crippen LogP contribution >= 0.6 is 0 Å². The first-order valence-corrected chi connectivity index (χ1v) is 11.1. The average molecular weight is 475 g/mol. The van der Waals surface area contributed by atoms with E-state index in [1.54, 1.807) is 0 Å². The molecule has 1 fully saturated rings. The molecule has 2 aliphatic rings. The Kier molecular flexibility index (Phi) is 5.85. The number of alkyl halides is 3. The van der Waals surface area contributed by atoms with E-state index in [1.165, 1.54) is 13.2 Å². The van der Waals surface area contributed by atoms with Gasteiger partial charge in [0, 0.05) is 26.2 Å². The number of imidazole rings is 1. The van der Waals surface area contributed by atoms with E-state index in [4.69, 9.17) is 14.2 Å². The standard InChI is InChI=1S/C24H24F3N3O4/c1-32-13-22-28-18-12-16(24(25,26)27)3-4-19(18)30(22)17-6-8-29(9-7-17)23(31)11-15-2-5-20-21(10-15)34-14-33-20/h2-5,10,12,17H,6-9,11,13-14H2,1H3. The number of benzene rings is 2. The highest BCUT2D eigenvalue weighted by Gasteiger charge is 2.32. The summed E-state index contributed by atoms with van der Waals surface area (Å²) in [5, 5.41) is 0. The molecule has 0 atom stereocenters. The van der Waals surface area contributed by atoms with E-state index in [0.717, 1.165) is 17.7 Å². The number of nitrogens with zero attached hydrogens (tertiary/aromatic N) is 3. The number of carbonyl (C=O) groups excluding carboxylic acids is 1. The molecular weight excluding hydrogens is 451 g/mol. The molecule has 0 N–H and O–H groups in total. The molecule has 1 saturated heterocycles. The molecule has 10 heteroatoms. The topological polar surface area (TPSA) is 65.8 Å². The van der Waals surface area contributed by atoms with Crippen molar-refractivity contribution in [2.75, 3.05) is 27.0 Å². The lowest BCUT2D eigenvalue weighted by atomic mass is 10.0. The Morgan fingerprint density at radius 3 is 2.62 bits per heavy atom. The molecule has 7 nitrogen and oxygen atoms in total. The summed E-state index contributed by atoms with van der Waals surface area (Å²) in [6, 6.07) is 9.15. The van der Waals surface area contributed by atoms with Gasteiger partial charge in [0.25, 0.3) is 0 Å². The van der Waals surface area contributed by atoms with Crippen LogP contribution in [-0.2, 0) is 28.7 Å². The molecule has 5 rings (SSSR count). The van der Waals surface area contributed by atoms with Crippen molar-refractivity contribution in [3.05, 3.63) is 53.3 Å². The molecule has 2 aromatic carbocycles. The van der Waals surface area contributed by atoms with Crippen molar-refractivity contribution in [3.8, 4) is 11.5 Å². The third-order valence-electron chi connectivity index (χ3n) is 6.34. The zero-order valence-electron chi connectivity index (χ0n) is 18.6. The Labute approximate surface area is 194 Å². The van der Waals surface area contributed by atoms with Crippen LogP contribution in [0.25, 0.3) is 11.0 Å². The van der Waals surface area contributed by atoms with Gasteiger partial charge in [0.15, 0.2) is 11.5 Å². The van der Waals surface area contributed by atoms with Crippen LogP contribution in [0.1, 0.15) is 35.8 Å². The number of methoxy groups -OCH3 is 1. The van der Waals surface area contributed by atoms with Crippen LogP contribution in [0.4, 0.5) is 13.2 Å². The molecule has 0 saturated carbocycles. The van der Waals surface area contributed by atoms with E-state index >= 15 is 0 Å². The summed E-state index contributed by atoms with van der Waals surface area (Å²) in [4.78, 5) is 19.1. The third-order valence-corrected chi connectivity index (χ3v) is 6.34. The summed E-state index contributed by atoms with van der Waals surface area (Å²) in [5.74, 6) is 1.94. The van der Waals surface area contributed by atoms with Gasteiger partial charge in [-0.2, -0.15) is 13.2 Å². The second-order valence-corrected chi connectivity index (χ2v) is 8.51. The smallest absolute Gasteiger partial charge is 0.416 e. The Hall–Kier alpha value is -3.27. The molecule has 0 spiro atoms. The number of likely N-dealkylation sites (tertiary alicyclic amines) is 1. The third kappa shape index (κ3) is 4.29. The van der Waals surface area contributed by atoms with Gasteiger partial charge in [-0.3, -0.25) is 4.79 Å². The van der Waals surface area contributed by atoms with Gasteiger partial charge in [-0.1, -0.05) is 6.07 Å². The first-order chi connectivity index (χ1) is 16.3. The molecule has 1 aromatic heterocycles. The van der Waals surface area contributed by atoms with Gasteiger partial charge in [-0.15, -0.1) is 0 Å². The van der Waals surface area contributed by atoms with E-state index in [2.05, 4.69) is 4.98 Å². The highest BCUT2D eigenvalue weighted by molar-refractivity contribution is 5.79. The summed E-state index contributed by atoms with van der Waals surface area (Å²) in [7, 11) is 1.53. The molecule has 3 aromatic rings. The number of ether oxygens (including phenoxy) is 3. The largest absolute Gasteiger partial charge is 0.454 e. The number of piperidine rings is 1. The number of halogens is 3. The zero-order chi connectivity index (χ0) is 23.9. The van der Waals surface area contributed by atoms with Gasteiger partial charge in [0.2, 0.25) is 12.7 Å².